The smallest absolute Gasteiger partial charge is 0.421 e. The van der Waals surface area contributed by atoms with Crippen LogP contribution >= 0.6 is 15.8 Å². The molecule has 13 rings (SSSR count). The predicted octanol–water partition coefficient (Wildman–Crippen LogP) is 11.1. The normalized spacial score (nSPS) is 11.2. The summed E-state index contributed by atoms with van der Waals surface area (Å²) in [5.74, 6) is -1.86. The molecule has 2 N–H and O–H groups in total. The fraction of sp³-hybridized carbons (Fsp3) is 0.175. The number of hydrogen-bond donors (Lipinski definition) is 2. The van der Waals surface area contributed by atoms with Gasteiger partial charge in [0.25, 0.3) is 0 Å². The largest absolute Gasteiger partial charge is 2.00 e. The van der Waals surface area contributed by atoms with Crippen LogP contribution in [-0.4, -0.2) is 98.0 Å². The molecule has 506 valence electrons. The zero-order valence-electron chi connectivity index (χ0n) is 51.3. The number of nitrogens with one attached hydrogen (secondary N) is 2. The van der Waals surface area contributed by atoms with Gasteiger partial charge in [-0.1, -0.05) is 129 Å². The summed E-state index contributed by atoms with van der Waals surface area (Å²) in [6, 6.07) is 57.6. The molecule has 9 heterocycles. The van der Waals surface area contributed by atoms with Crippen molar-refractivity contribution in [2.24, 2.45) is 0 Å². The maximum Gasteiger partial charge on any atom is 2.00 e. The first kappa shape index (κ1) is 75.2. The molecule has 97 heavy (non-hydrogen) atoms. The molecule has 0 aliphatic rings. The minimum Gasteiger partial charge on any atom is -0.421 e. The Morgan fingerprint density at radius 1 is 0.423 bits per heavy atom. The molecule has 13 aromatic rings. The molecule has 0 saturated carbocycles. The Kier molecular flexibility index (Phi) is 27.2. The number of H-pyrrole nitrogens is 2. The van der Waals surface area contributed by atoms with E-state index in [1.807, 2.05) is 23.3 Å². The van der Waals surface area contributed by atoms with Crippen molar-refractivity contribution >= 4 is 37.1 Å². The van der Waals surface area contributed by atoms with E-state index in [1.165, 1.54) is 64.2 Å². The van der Waals surface area contributed by atoms with Crippen LogP contribution in [0.4, 0.5) is 39.5 Å². The van der Waals surface area contributed by atoms with E-state index in [0.29, 0.717) is 52.0 Å². The monoisotopic (exact) mass is 1730 g/mol. The van der Waals surface area contributed by atoms with Crippen LogP contribution in [-0.2, 0) is 60.7 Å². The Morgan fingerprint density at radius 2 is 0.784 bits per heavy atom. The summed E-state index contributed by atoms with van der Waals surface area (Å²) >= 11 is 0. The van der Waals surface area contributed by atoms with Gasteiger partial charge in [-0.05, 0) is 129 Å². The van der Waals surface area contributed by atoms with Crippen molar-refractivity contribution in [3.05, 3.63) is 218 Å². The number of aromatic nitrogens is 21. The van der Waals surface area contributed by atoms with Crippen molar-refractivity contribution in [2.45, 2.75) is 59.1 Å². The molecule has 21 nitrogen and oxygen atoms in total. The van der Waals surface area contributed by atoms with Gasteiger partial charge in [-0.3, -0.25) is 30.6 Å². The summed E-state index contributed by atoms with van der Waals surface area (Å²) in [6.07, 6.45) is -9.38. The number of benzene rings is 4. The summed E-state index contributed by atoms with van der Waals surface area (Å²) in [6.45, 7) is 11.6. The van der Waals surface area contributed by atoms with Gasteiger partial charge in [0, 0.05) is 38.9 Å². The molecular formula is C63H54F9N21P2Pt2-2. The van der Waals surface area contributed by atoms with E-state index in [0.717, 1.165) is 6.42 Å². The number of rotatable bonds is 14. The van der Waals surface area contributed by atoms with Gasteiger partial charge in [-0.2, -0.15) is 49.7 Å². The first-order chi connectivity index (χ1) is 45.6. The average Bonchev–Trinajstić information content (AvgIpc) is 1.86. The number of alkyl halides is 9. The van der Waals surface area contributed by atoms with Gasteiger partial charge < -0.3 is 47.3 Å². The molecule has 0 atom stereocenters. The summed E-state index contributed by atoms with van der Waals surface area (Å²) in [5.41, 5.74) is 1.64. The van der Waals surface area contributed by atoms with E-state index < -0.39 is 55.6 Å². The van der Waals surface area contributed by atoms with Crippen molar-refractivity contribution in [2.75, 3.05) is 12.3 Å². The quantitative estimate of drug-likeness (QED) is 0.0581. The Hall–Kier alpha value is -9.22. The van der Waals surface area contributed by atoms with Crippen molar-refractivity contribution in [3.8, 4) is 69.1 Å². The van der Waals surface area contributed by atoms with Crippen molar-refractivity contribution in [3.63, 3.8) is 0 Å². The van der Waals surface area contributed by atoms with Crippen molar-refractivity contribution < 1.29 is 81.6 Å². The molecule has 9 aromatic heterocycles. The molecule has 34 heteroatoms. The minimum atomic E-state index is -4.77. The van der Waals surface area contributed by atoms with Crippen LogP contribution < -0.4 is 41.6 Å². The number of halogens is 9. The molecule has 0 bridgehead atoms. The van der Waals surface area contributed by atoms with E-state index in [-0.39, 0.29) is 73.0 Å². The molecule has 0 saturated heterocycles. The zero-order chi connectivity index (χ0) is 67.5. The molecule has 0 amide bonds. The molecule has 0 aliphatic carbocycles. The van der Waals surface area contributed by atoms with E-state index in [2.05, 4.69) is 236 Å². The SMILES string of the molecule is CCCP(c1ccccc1)c1ccccc1.Cc1n[n-]c(-c2cccc(-c3nc(C)n[n-]3)n2)n1.Cc1nc(-c2cccc(-c3n[nH]c(C(F)(F)F)n3)n2)n[nH]1.FC(F)(F)c1n[n-]c(-c2cccc(-c3nc(C(F)(F)F)n[n-]3)n2)n1.[CH2-]CC[PH+](c1ccccc1)c1ccccc1.[Pt+2].[Pt]. The van der Waals surface area contributed by atoms with E-state index in [4.69, 9.17) is 0 Å². The maximum atomic E-state index is 12.5. The van der Waals surface area contributed by atoms with E-state index >= 15 is 0 Å². The summed E-state index contributed by atoms with van der Waals surface area (Å²) in [5, 5.41) is 45.8. The second-order valence-electron chi connectivity index (χ2n) is 19.9. The number of aryl methyl sites for hydroxylation is 3. The van der Waals surface area contributed by atoms with Gasteiger partial charge in [-0.15, -0.1) is 6.42 Å². The summed E-state index contributed by atoms with van der Waals surface area (Å²) in [4.78, 5) is 34.6. The Balaban J connectivity index is 0.000000171. The molecule has 0 fully saturated rings. The van der Waals surface area contributed by atoms with Crippen LogP contribution in [0.2, 0.25) is 0 Å². The molecular weight excluding hydrogens is 1670 g/mol. The van der Waals surface area contributed by atoms with Crippen LogP contribution in [0.15, 0.2) is 176 Å². The van der Waals surface area contributed by atoms with Crippen molar-refractivity contribution in [1.82, 2.24) is 106 Å². The molecule has 0 aliphatic heterocycles. The predicted molar refractivity (Wildman–Crippen MR) is 340 cm³/mol. The van der Waals surface area contributed by atoms with Crippen LogP contribution in [0.3, 0.4) is 0 Å². The zero-order valence-corrected chi connectivity index (χ0v) is 57.7. The maximum absolute atomic E-state index is 12.5. The topological polar surface area (TPSA) is 281 Å². The van der Waals surface area contributed by atoms with Gasteiger partial charge in [0.15, 0.2) is 11.6 Å². The van der Waals surface area contributed by atoms with Crippen LogP contribution in [0.1, 0.15) is 54.7 Å². The second-order valence-corrected chi connectivity index (χ2v) is 24.8. The van der Waals surface area contributed by atoms with E-state index in [9.17, 15) is 39.5 Å². The fourth-order valence-corrected chi connectivity index (χ4v) is 13.3. The van der Waals surface area contributed by atoms with Crippen LogP contribution in [0, 0.1) is 27.7 Å². The number of nitrogens with zero attached hydrogens (tertiary/aromatic N) is 19. The Morgan fingerprint density at radius 3 is 1.11 bits per heavy atom. The molecule has 4 aromatic carbocycles. The summed E-state index contributed by atoms with van der Waals surface area (Å²) < 4.78 is 112. The number of pyridine rings is 3. The standard InChI is InChI=1S/C15H17P.C15H16P.C11H3F6N7.C11H8F3N7.C11H9N7.2Pt/c2*1-2-13-16(14-9-5-3-6-10-14)15-11-7-4-8-12-15;12-10(13,14)8-19-6(21-23-8)4-2-1-3-5(18-4)7-20-9(24-22-7)11(15,16)17;1-5-15-8(19-18-5)6-3-2-4-7(16-6)9-17-10(21-20-9)11(12,13)14;1-6-12-10(17-15-6)8-4-3-5-9(14-8)11-13-7(2)16-18-11;;/h3-12H,2,13H2,1H3;3-12H,1-2,13H2;1-3H;2-4H,1H3,(H,15,18,19)(H,17,20,21);3-5H,1-2H3;;/q;-1;-2;;-2;;+2/p+1. The second kappa shape index (κ2) is 35.1. The van der Waals surface area contributed by atoms with Gasteiger partial charge in [0.2, 0.25) is 5.82 Å². The third kappa shape index (κ3) is 21.4. The third-order valence-corrected chi connectivity index (χ3v) is 18.4. The molecule has 0 radical (unpaired) electrons. The average molecular weight is 1730 g/mol. The minimum absolute atomic E-state index is 0. The van der Waals surface area contributed by atoms with Crippen molar-refractivity contribution in [1.29, 1.82) is 0 Å². The Bertz CT molecular complexity index is 4190. The first-order valence-corrected chi connectivity index (χ1v) is 31.9. The third-order valence-electron chi connectivity index (χ3n) is 12.8. The fourth-order valence-electron chi connectivity index (χ4n) is 8.56. The first-order valence-electron chi connectivity index (χ1n) is 28.7. The van der Waals surface area contributed by atoms with Gasteiger partial charge >= 0.3 is 39.6 Å². The molecule has 0 spiro atoms. The Labute approximate surface area is 579 Å². The number of aromatic amines is 2. The molecule has 0 unspecified atom stereocenters. The van der Waals surface area contributed by atoms with Gasteiger partial charge in [0.1, 0.15) is 28.9 Å². The van der Waals surface area contributed by atoms with E-state index in [1.54, 1.807) is 32.9 Å². The number of hydrogen-bond acceptors (Lipinski definition) is 15. The van der Waals surface area contributed by atoms with Crippen LogP contribution in [0.25, 0.3) is 69.1 Å². The van der Waals surface area contributed by atoms with Gasteiger partial charge in [0.05, 0.1) is 41.3 Å². The van der Waals surface area contributed by atoms with Crippen LogP contribution in [0.5, 0.6) is 0 Å². The van der Waals surface area contributed by atoms with Gasteiger partial charge in [-0.25, -0.2) is 24.9 Å². The summed E-state index contributed by atoms with van der Waals surface area (Å²) in [7, 11) is -0.764.